The predicted octanol–water partition coefficient (Wildman–Crippen LogP) is 2.48. The molecule has 0 spiro atoms. The number of amides is 1. The van der Waals surface area contributed by atoms with Gasteiger partial charge in [-0.05, 0) is 30.4 Å². The second kappa shape index (κ2) is 6.11. The van der Waals surface area contributed by atoms with Crippen LogP contribution >= 0.6 is 11.6 Å². The SMILES string of the molecule is Cn1ncc(Cl)c1CC1c2ccccc2C(=O)N1CC1CC(O)(C#N)C1. The van der Waals surface area contributed by atoms with Crippen LogP contribution in [0.2, 0.25) is 5.02 Å². The summed E-state index contributed by atoms with van der Waals surface area (Å²) in [4.78, 5) is 14.8. The number of rotatable bonds is 4. The van der Waals surface area contributed by atoms with E-state index in [4.69, 9.17) is 16.9 Å². The Hall–Kier alpha value is -2.36. The van der Waals surface area contributed by atoms with E-state index >= 15 is 0 Å². The van der Waals surface area contributed by atoms with Gasteiger partial charge in [-0.1, -0.05) is 29.8 Å². The summed E-state index contributed by atoms with van der Waals surface area (Å²) in [7, 11) is 1.84. The summed E-state index contributed by atoms with van der Waals surface area (Å²) in [6.45, 7) is 0.525. The fraction of sp³-hybridized carbons (Fsp3) is 0.421. The van der Waals surface area contributed by atoms with Crippen molar-refractivity contribution >= 4 is 17.5 Å². The maximum atomic E-state index is 13.0. The summed E-state index contributed by atoms with van der Waals surface area (Å²) < 4.78 is 1.74. The zero-order chi connectivity index (χ0) is 18.5. The standard InChI is InChI=1S/C19H19ClN4O2/c1-23-17(15(20)9-22-23)6-16-13-4-2-3-5-14(13)18(25)24(16)10-12-7-19(26,8-12)11-21/h2-5,9,12,16,26H,6-8,10H2,1H3. The van der Waals surface area contributed by atoms with Crippen LogP contribution in [0.5, 0.6) is 0 Å². The molecule has 1 aliphatic heterocycles. The summed E-state index contributed by atoms with van der Waals surface area (Å²) in [5.41, 5.74) is 1.35. The lowest BCUT2D eigenvalue weighted by Crippen LogP contribution is -2.48. The van der Waals surface area contributed by atoms with Crippen molar-refractivity contribution in [3.8, 4) is 6.07 Å². The molecule has 2 heterocycles. The van der Waals surface area contributed by atoms with Gasteiger partial charge >= 0.3 is 0 Å². The van der Waals surface area contributed by atoms with Gasteiger partial charge in [0.05, 0.1) is 29.0 Å². The lowest BCUT2D eigenvalue weighted by atomic mass is 9.71. The molecule has 1 amide bonds. The van der Waals surface area contributed by atoms with Gasteiger partial charge < -0.3 is 10.0 Å². The van der Waals surface area contributed by atoms with E-state index in [1.165, 1.54) is 0 Å². The van der Waals surface area contributed by atoms with Crippen LogP contribution in [-0.2, 0) is 13.5 Å². The average Bonchev–Trinajstić information content (AvgIpc) is 3.06. The summed E-state index contributed by atoms with van der Waals surface area (Å²) in [6.07, 6.45) is 3.00. The van der Waals surface area contributed by atoms with Gasteiger partial charge in [0.15, 0.2) is 5.60 Å². The number of hydrogen-bond acceptors (Lipinski definition) is 4. The van der Waals surface area contributed by atoms with Gasteiger partial charge in [0, 0.05) is 25.6 Å². The van der Waals surface area contributed by atoms with Crippen LogP contribution in [0.3, 0.4) is 0 Å². The Labute approximate surface area is 156 Å². The van der Waals surface area contributed by atoms with Gasteiger partial charge in [-0.25, -0.2) is 0 Å². The molecule has 2 aliphatic rings. The molecule has 1 fully saturated rings. The van der Waals surface area contributed by atoms with Crippen molar-refractivity contribution < 1.29 is 9.90 Å². The Morgan fingerprint density at radius 2 is 2.15 bits per heavy atom. The lowest BCUT2D eigenvalue weighted by molar-refractivity contribution is -0.0358. The molecular weight excluding hydrogens is 352 g/mol. The third-order valence-electron chi connectivity index (χ3n) is 5.50. The Bertz CT molecular complexity index is 891. The summed E-state index contributed by atoms with van der Waals surface area (Å²) in [6, 6.07) is 9.46. The number of halogens is 1. The van der Waals surface area contributed by atoms with Gasteiger partial charge in [0.1, 0.15) is 0 Å². The normalized spacial score (nSPS) is 27.2. The van der Waals surface area contributed by atoms with Crippen molar-refractivity contribution in [1.29, 1.82) is 5.26 Å². The Morgan fingerprint density at radius 3 is 2.81 bits per heavy atom. The largest absolute Gasteiger partial charge is 0.375 e. The van der Waals surface area contributed by atoms with Gasteiger partial charge in [-0.2, -0.15) is 10.4 Å². The third-order valence-corrected chi connectivity index (χ3v) is 5.82. The molecule has 2 aromatic rings. The maximum absolute atomic E-state index is 13.0. The van der Waals surface area contributed by atoms with Crippen molar-refractivity contribution in [2.24, 2.45) is 13.0 Å². The van der Waals surface area contributed by atoms with E-state index in [0.29, 0.717) is 36.4 Å². The molecule has 1 N–H and O–H groups in total. The fourth-order valence-electron chi connectivity index (χ4n) is 4.12. The summed E-state index contributed by atoms with van der Waals surface area (Å²) in [5, 5.41) is 23.7. The smallest absolute Gasteiger partial charge is 0.254 e. The Morgan fingerprint density at radius 1 is 1.42 bits per heavy atom. The first-order chi connectivity index (χ1) is 12.4. The molecule has 7 heteroatoms. The number of nitriles is 1. The molecule has 134 valence electrons. The molecule has 1 unspecified atom stereocenters. The van der Waals surface area contributed by atoms with E-state index in [1.807, 2.05) is 42.3 Å². The van der Waals surface area contributed by atoms with Gasteiger partial charge in [-0.15, -0.1) is 0 Å². The third kappa shape index (κ3) is 2.68. The van der Waals surface area contributed by atoms with E-state index in [1.54, 1.807) is 10.9 Å². The van der Waals surface area contributed by atoms with Gasteiger partial charge in [0.2, 0.25) is 0 Å². The van der Waals surface area contributed by atoms with Crippen molar-refractivity contribution in [2.45, 2.75) is 30.9 Å². The second-order valence-corrected chi connectivity index (χ2v) is 7.65. The Balaban J connectivity index is 1.62. The monoisotopic (exact) mass is 370 g/mol. The van der Waals surface area contributed by atoms with E-state index in [0.717, 1.165) is 11.3 Å². The van der Waals surface area contributed by atoms with E-state index in [-0.39, 0.29) is 17.9 Å². The van der Waals surface area contributed by atoms with Crippen molar-refractivity contribution in [3.05, 3.63) is 52.3 Å². The van der Waals surface area contributed by atoms with Crippen molar-refractivity contribution in [1.82, 2.24) is 14.7 Å². The van der Waals surface area contributed by atoms with Crippen LogP contribution in [0, 0.1) is 17.2 Å². The summed E-state index contributed by atoms with van der Waals surface area (Å²) in [5.74, 6) is 0.124. The zero-order valence-corrected chi connectivity index (χ0v) is 15.1. The molecule has 1 aliphatic carbocycles. The molecule has 1 atom stereocenters. The van der Waals surface area contributed by atoms with Crippen molar-refractivity contribution in [2.75, 3.05) is 6.54 Å². The van der Waals surface area contributed by atoms with Crippen LogP contribution < -0.4 is 0 Å². The predicted molar refractivity (Wildman–Crippen MR) is 95.4 cm³/mol. The number of aromatic nitrogens is 2. The second-order valence-electron chi connectivity index (χ2n) is 7.25. The summed E-state index contributed by atoms with van der Waals surface area (Å²) >= 11 is 6.28. The number of aliphatic hydroxyl groups is 1. The van der Waals surface area contributed by atoms with E-state index in [9.17, 15) is 9.90 Å². The first kappa shape index (κ1) is 17.1. The van der Waals surface area contributed by atoms with E-state index in [2.05, 4.69) is 5.10 Å². The molecule has 0 radical (unpaired) electrons. The fourth-order valence-corrected chi connectivity index (χ4v) is 4.36. The quantitative estimate of drug-likeness (QED) is 0.838. The molecule has 0 saturated heterocycles. The molecule has 26 heavy (non-hydrogen) atoms. The molecule has 6 nitrogen and oxygen atoms in total. The molecule has 1 aromatic carbocycles. The first-order valence-corrected chi connectivity index (χ1v) is 8.99. The molecule has 1 aromatic heterocycles. The van der Waals surface area contributed by atoms with Gasteiger partial charge in [-0.3, -0.25) is 9.48 Å². The first-order valence-electron chi connectivity index (χ1n) is 8.62. The number of fused-ring (bicyclic) bond motifs is 1. The number of benzene rings is 1. The van der Waals surface area contributed by atoms with Crippen LogP contribution in [0.15, 0.2) is 30.5 Å². The number of carbonyl (C=O) groups is 1. The highest BCUT2D eigenvalue weighted by Crippen LogP contribution is 2.42. The number of hydrogen-bond donors (Lipinski definition) is 1. The highest BCUT2D eigenvalue weighted by Gasteiger charge is 2.46. The minimum atomic E-state index is -1.23. The van der Waals surface area contributed by atoms with Crippen LogP contribution in [-0.4, -0.2) is 37.8 Å². The number of aryl methyl sites for hydroxylation is 1. The van der Waals surface area contributed by atoms with Crippen LogP contribution in [0.25, 0.3) is 0 Å². The van der Waals surface area contributed by atoms with Crippen LogP contribution in [0.4, 0.5) is 0 Å². The lowest BCUT2D eigenvalue weighted by Gasteiger charge is -2.41. The van der Waals surface area contributed by atoms with E-state index < -0.39 is 5.60 Å². The minimum absolute atomic E-state index is 0.00344. The van der Waals surface area contributed by atoms with Crippen LogP contribution in [0.1, 0.15) is 40.5 Å². The molecule has 0 bridgehead atoms. The minimum Gasteiger partial charge on any atom is -0.375 e. The highest BCUT2D eigenvalue weighted by atomic mass is 35.5. The highest BCUT2D eigenvalue weighted by molar-refractivity contribution is 6.31. The van der Waals surface area contributed by atoms with Crippen molar-refractivity contribution in [3.63, 3.8) is 0 Å². The molecule has 1 saturated carbocycles. The molecular formula is C19H19ClN4O2. The molecule has 4 rings (SSSR count). The Kier molecular flexibility index (Phi) is 4.02. The maximum Gasteiger partial charge on any atom is 0.254 e. The topological polar surface area (TPSA) is 82.2 Å². The number of carbonyl (C=O) groups excluding carboxylic acids is 1. The zero-order valence-electron chi connectivity index (χ0n) is 14.4. The number of nitrogens with zero attached hydrogens (tertiary/aromatic N) is 4. The van der Waals surface area contributed by atoms with Gasteiger partial charge in [0.25, 0.3) is 5.91 Å². The average molecular weight is 371 g/mol.